The summed E-state index contributed by atoms with van der Waals surface area (Å²) in [6, 6.07) is 29.2. The first-order valence-electron chi connectivity index (χ1n) is 13.2. The summed E-state index contributed by atoms with van der Waals surface area (Å²) in [5, 5.41) is 6.11. The topological polar surface area (TPSA) is 68.2 Å². The lowest BCUT2D eigenvalue weighted by Crippen LogP contribution is -2.41. The highest BCUT2D eigenvalue weighted by Crippen LogP contribution is 2.60. The molecule has 40 heavy (non-hydrogen) atoms. The van der Waals surface area contributed by atoms with Gasteiger partial charge in [-0.15, -0.1) is 0 Å². The highest BCUT2D eigenvalue weighted by Gasteiger charge is 2.61. The van der Waals surface area contributed by atoms with E-state index in [1.54, 1.807) is 25.3 Å². The highest BCUT2D eigenvalue weighted by molar-refractivity contribution is 6.31. The molecule has 0 aromatic heterocycles. The summed E-state index contributed by atoms with van der Waals surface area (Å²) in [7, 11) is 1.56. The molecule has 4 aliphatic rings. The Morgan fingerprint density at radius 3 is 1.88 bits per heavy atom. The second kappa shape index (κ2) is 9.65. The van der Waals surface area contributed by atoms with Crippen molar-refractivity contribution in [2.45, 2.75) is 18.4 Å². The number of amides is 2. The molecule has 2 atom stereocenters. The predicted molar refractivity (Wildman–Crippen MR) is 152 cm³/mol. The Bertz CT molecular complexity index is 1580. The van der Waals surface area contributed by atoms with E-state index in [1.165, 1.54) is 6.21 Å². The number of imide groups is 1. The first-order valence-corrected chi connectivity index (χ1v) is 13.6. The maximum Gasteiger partial charge on any atom is 0.254 e. The molecule has 0 unspecified atom stereocenters. The molecular formula is C33H25ClN2O4. The summed E-state index contributed by atoms with van der Waals surface area (Å²) < 4.78 is 11.5. The van der Waals surface area contributed by atoms with Crippen LogP contribution in [0.2, 0.25) is 5.02 Å². The van der Waals surface area contributed by atoms with Crippen molar-refractivity contribution in [3.63, 3.8) is 0 Å². The third kappa shape index (κ3) is 3.74. The third-order valence-corrected chi connectivity index (χ3v) is 8.64. The zero-order valence-electron chi connectivity index (χ0n) is 21.7. The molecule has 2 bridgehead atoms. The molecule has 198 valence electrons. The minimum atomic E-state index is -0.463. The van der Waals surface area contributed by atoms with Crippen LogP contribution in [0.3, 0.4) is 0 Å². The zero-order valence-corrected chi connectivity index (χ0v) is 22.4. The number of hydrogen-bond donors (Lipinski definition) is 0. The van der Waals surface area contributed by atoms with Gasteiger partial charge in [0.15, 0.2) is 11.5 Å². The van der Waals surface area contributed by atoms with Gasteiger partial charge in [0.05, 0.1) is 25.2 Å². The second-order valence-corrected chi connectivity index (χ2v) is 10.7. The van der Waals surface area contributed by atoms with Crippen LogP contribution < -0.4 is 9.47 Å². The lowest BCUT2D eigenvalue weighted by molar-refractivity contribution is -0.139. The minimum Gasteiger partial charge on any atom is -0.493 e. The largest absolute Gasteiger partial charge is 0.493 e. The Morgan fingerprint density at radius 2 is 1.32 bits per heavy atom. The molecule has 6 nitrogen and oxygen atoms in total. The van der Waals surface area contributed by atoms with Crippen molar-refractivity contribution >= 4 is 29.6 Å². The Kier molecular flexibility index (Phi) is 5.93. The Morgan fingerprint density at radius 1 is 0.775 bits per heavy atom. The van der Waals surface area contributed by atoms with E-state index in [0.717, 1.165) is 32.8 Å². The number of methoxy groups -OCH3 is 1. The van der Waals surface area contributed by atoms with Crippen molar-refractivity contribution in [3.05, 3.63) is 129 Å². The van der Waals surface area contributed by atoms with Crippen LogP contribution in [0.15, 0.2) is 96.1 Å². The molecule has 4 aromatic carbocycles. The fourth-order valence-corrected chi connectivity index (χ4v) is 6.74. The Labute approximate surface area is 236 Å². The molecule has 3 aliphatic carbocycles. The zero-order chi connectivity index (χ0) is 27.4. The van der Waals surface area contributed by atoms with Gasteiger partial charge in [0.1, 0.15) is 6.61 Å². The van der Waals surface area contributed by atoms with Crippen molar-refractivity contribution in [2.75, 3.05) is 7.11 Å². The minimum absolute atomic E-state index is 0.159. The average molecular weight is 549 g/mol. The summed E-state index contributed by atoms with van der Waals surface area (Å²) in [6.07, 6.45) is 1.52. The molecule has 0 spiro atoms. The first kappa shape index (κ1) is 24.6. The van der Waals surface area contributed by atoms with Gasteiger partial charge >= 0.3 is 0 Å². The fraction of sp³-hybridized carbons (Fsp3) is 0.182. The number of halogens is 1. The number of carbonyl (C=O) groups excluding carboxylic acids is 2. The van der Waals surface area contributed by atoms with Crippen molar-refractivity contribution in [1.82, 2.24) is 5.01 Å². The molecule has 4 aromatic rings. The van der Waals surface area contributed by atoms with Gasteiger partial charge < -0.3 is 9.47 Å². The maximum atomic E-state index is 13.7. The van der Waals surface area contributed by atoms with Gasteiger partial charge in [-0.05, 0) is 52.1 Å². The number of benzene rings is 4. The first-order chi connectivity index (χ1) is 19.6. The van der Waals surface area contributed by atoms with Crippen LogP contribution in [-0.2, 0) is 16.2 Å². The molecule has 0 saturated carbocycles. The summed E-state index contributed by atoms with van der Waals surface area (Å²) in [4.78, 5) is 27.5. The molecule has 0 N–H and O–H groups in total. The molecule has 7 heteroatoms. The van der Waals surface area contributed by atoms with Crippen molar-refractivity contribution in [2.24, 2.45) is 16.9 Å². The van der Waals surface area contributed by atoms with Crippen LogP contribution in [0.25, 0.3) is 0 Å². The third-order valence-electron chi connectivity index (χ3n) is 8.28. The number of hydrazone groups is 1. The molecule has 0 radical (unpaired) electrons. The van der Waals surface area contributed by atoms with E-state index in [0.29, 0.717) is 22.1 Å². The van der Waals surface area contributed by atoms with Gasteiger partial charge in [-0.25, -0.2) is 0 Å². The number of carbonyl (C=O) groups is 2. The van der Waals surface area contributed by atoms with Gasteiger partial charge in [-0.2, -0.15) is 10.1 Å². The van der Waals surface area contributed by atoms with Gasteiger partial charge in [0, 0.05) is 22.4 Å². The van der Waals surface area contributed by atoms with Gasteiger partial charge in [0.25, 0.3) is 11.8 Å². The van der Waals surface area contributed by atoms with Gasteiger partial charge in [-0.1, -0.05) is 78.3 Å². The highest BCUT2D eigenvalue weighted by atomic mass is 35.5. The summed E-state index contributed by atoms with van der Waals surface area (Å²) in [5.74, 6) is -0.695. The smallest absolute Gasteiger partial charge is 0.254 e. The van der Waals surface area contributed by atoms with E-state index in [2.05, 4.69) is 29.4 Å². The van der Waals surface area contributed by atoms with Crippen LogP contribution in [0.4, 0.5) is 0 Å². The monoisotopic (exact) mass is 548 g/mol. The van der Waals surface area contributed by atoms with E-state index in [4.69, 9.17) is 21.1 Å². The number of hydrogen-bond acceptors (Lipinski definition) is 5. The molecule has 1 saturated heterocycles. The van der Waals surface area contributed by atoms with Crippen molar-refractivity contribution in [3.8, 4) is 11.5 Å². The van der Waals surface area contributed by atoms with Crippen LogP contribution >= 0.6 is 11.6 Å². The molecule has 8 rings (SSSR count). The average Bonchev–Trinajstić information content (AvgIpc) is 3.25. The predicted octanol–water partition coefficient (Wildman–Crippen LogP) is 6.15. The van der Waals surface area contributed by atoms with E-state index in [9.17, 15) is 9.59 Å². The number of ether oxygens (including phenoxy) is 2. The van der Waals surface area contributed by atoms with Crippen molar-refractivity contribution in [1.29, 1.82) is 0 Å². The number of nitrogens with zero attached hydrogens (tertiary/aromatic N) is 2. The lowest BCUT2D eigenvalue weighted by atomic mass is 9.55. The van der Waals surface area contributed by atoms with Crippen LogP contribution in [0, 0.1) is 11.8 Å². The van der Waals surface area contributed by atoms with E-state index in [1.807, 2.05) is 48.5 Å². The van der Waals surface area contributed by atoms with Gasteiger partial charge in [-0.3, -0.25) is 9.59 Å². The van der Waals surface area contributed by atoms with Gasteiger partial charge in [0.2, 0.25) is 0 Å². The van der Waals surface area contributed by atoms with E-state index >= 15 is 0 Å². The summed E-state index contributed by atoms with van der Waals surface area (Å²) in [5.41, 5.74) is 6.08. The Hall–Kier alpha value is -4.42. The standard InChI is InChI=1S/C33H25ClN2O4/c1-39-27-16-19(14-15-26(27)40-18-20-8-2-7-13-25(20)34)17-35-36-32(37)30-28-21-9-3-4-10-22(21)29(31(30)33(36)38)24-12-6-5-11-23(24)28/h2-17,28-31H,18H2,1H3/b35-17-/t28?,29?,30-,31+. The fourth-order valence-electron chi connectivity index (χ4n) is 6.55. The SMILES string of the molecule is COc1cc(/C=N\N2C(=O)[C@@H]3C4c5ccccc5C(c5ccccc54)[C@@H]3C2=O)ccc1OCc1ccccc1Cl. The summed E-state index contributed by atoms with van der Waals surface area (Å²) >= 11 is 6.25. The molecule has 1 heterocycles. The summed E-state index contributed by atoms with van der Waals surface area (Å²) in [6.45, 7) is 0.288. The second-order valence-electron chi connectivity index (χ2n) is 10.3. The molecule has 2 amide bonds. The normalized spacial score (nSPS) is 22.3. The van der Waals surface area contributed by atoms with Crippen LogP contribution in [0.5, 0.6) is 11.5 Å². The molecule has 1 aliphatic heterocycles. The van der Waals surface area contributed by atoms with E-state index in [-0.39, 0.29) is 30.3 Å². The van der Waals surface area contributed by atoms with E-state index < -0.39 is 11.8 Å². The quantitative estimate of drug-likeness (QED) is 0.214. The maximum absolute atomic E-state index is 13.7. The molecule has 1 fully saturated rings. The number of rotatable bonds is 6. The van der Waals surface area contributed by atoms with Crippen molar-refractivity contribution < 1.29 is 19.1 Å². The lowest BCUT2D eigenvalue weighted by Gasteiger charge is -2.45. The van der Waals surface area contributed by atoms with Crippen LogP contribution in [-0.4, -0.2) is 30.1 Å². The van der Waals surface area contributed by atoms with Crippen LogP contribution in [0.1, 0.15) is 45.2 Å². The molecular weight excluding hydrogens is 524 g/mol. The Balaban J connectivity index is 1.16.